The van der Waals surface area contributed by atoms with Crippen LogP contribution < -0.4 is 5.06 Å². The predicted octanol–water partition coefficient (Wildman–Crippen LogP) is 0.763. The molecule has 1 radical (unpaired) electrons. The average molecular weight is 200 g/mol. The first-order valence-corrected chi connectivity index (χ1v) is 4.67. The maximum atomic E-state index is 10.2. The summed E-state index contributed by atoms with van der Waals surface area (Å²) in [5.74, 6) is 0. The second-order valence-electron chi connectivity index (χ2n) is 2.47. The zero-order valence-electron chi connectivity index (χ0n) is 7.14. The molecule has 0 aromatic heterocycles. The first-order valence-electron chi connectivity index (χ1n) is 3.58. The van der Waals surface area contributed by atoms with Crippen molar-refractivity contribution in [2.24, 2.45) is 0 Å². The fourth-order valence-electron chi connectivity index (χ4n) is 0.899. The SMILES string of the molecule is [CH2]c1cccc(N(C)O[SH](=O)=O)c1. The number of hydrogen-bond acceptors (Lipinski definition) is 4. The zero-order valence-corrected chi connectivity index (χ0v) is 8.03. The smallest absolute Gasteiger partial charge is 0.240 e. The maximum absolute atomic E-state index is 10.2. The fourth-order valence-corrected chi connectivity index (χ4v) is 1.19. The molecule has 0 fully saturated rings. The molecular formula is C8H10NO3S. The first kappa shape index (κ1) is 10.0. The highest BCUT2D eigenvalue weighted by atomic mass is 32.2. The zero-order chi connectivity index (χ0) is 9.84. The van der Waals surface area contributed by atoms with E-state index in [1.54, 1.807) is 18.2 Å². The molecule has 1 aromatic rings. The summed E-state index contributed by atoms with van der Waals surface area (Å²) < 4.78 is 24.9. The van der Waals surface area contributed by atoms with Gasteiger partial charge in [-0.3, -0.25) is 0 Å². The summed E-state index contributed by atoms with van der Waals surface area (Å²) in [6, 6.07) is 7.04. The molecule has 1 aromatic carbocycles. The summed E-state index contributed by atoms with van der Waals surface area (Å²) in [5.41, 5.74) is 1.45. The molecule has 0 aliphatic rings. The Morgan fingerprint density at radius 1 is 1.46 bits per heavy atom. The van der Waals surface area contributed by atoms with Gasteiger partial charge in [-0.25, -0.2) is 13.5 Å². The third kappa shape index (κ3) is 3.04. The van der Waals surface area contributed by atoms with E-state index in [1.165, 1.54) is 12.1 Å². The van der Waals surface area contributed by atoms with E-state index in [0.29, 0.717) is 5.69 Å². The van der Waals surface area contributed by atoms with Crippen LogP contribution in [0.4, 0.5) is 5.69 Å². The molecule has 0 N–H and O–H groups in total. The van der Waals surface area contributed by atoms with Crippen LogP contribution in [0.5, 0.6) is 0 Å². The van der Waals surface area contributed by atoms with Crippen molar-refractivity contribution in [3.05, 3.63) is 36.8 Å². The Kier molecular flexibility index (Phi) is 3.27. The van der Waals surface area contributed by atoms with Gasteiger partial charge in [0.1, 0.15) is 0 Å². The molecule has 0 unspecified atom stereocenters. The molecule has 1 rings (SSSR count). The summed E-state index contributed by atoms with van der Waals surface area (Å²) in [6.07, 6.45) is 0. The van der Waals surface area contributed by atoms with Gasteiger partial charge < -0.3 is 0 Å². The monoisotopic (exact) mass is 200 g/mol. The van der Waals surface area contributed by atoms with Gasteiger partial charge in [0.2, 0.25) is 0 Å². The normalized spacial score (nSPS) is 10.4. The molecule has 0 aliphatic heterocycles. The van der Waals surface area contributed by atoms with E-state index in [2.05, 4.69) is 11.2 Å². The predicted molar refractivity (Wildman–Crippen MR) is 50.7 cm³/mol. The molecule has 0 saturated heterocycles. The van der Waals surface area contributed by atoms with Crippen LogP contribution in [0.25, 0.3) is 0 Å². The number of nitrogens with zero attached hydrogens (tertiary/aromatic N) is 1. The highest BCUT2D eigenvalue weighted by Crippen LogP contribution is 2.14. The highest BCUT2D eigenvalue weighted by molar-refractivity contribution is 7.67. The van der Waals surface area contributed by atoms with Crippen molar-refractivity contribution in [3.63, 3.8) is 0 Å². The Hall–Kier alpha value is -1.07. The number of thiol groups is 1. The molecule has 4 nitrogen and oxygen atoms in total. The molecule has 0 atom stereocenters. The van der Waals surface area contributed by atoms with Crippen molar-refractivity contribution in [2.45, 2.75) is 0 Å². The number of hydroxylamine groups is 1. The molecule has 0 spiro atoms. The van der Waals surface area contributed by atoms with E-state index in [1.807, 2.05) is 6.07 Å². The van der Waals surface area contributed by atoms with Crippen LogP contribution in [0, 0.1) is 6.92 Å². The number of rotatable bonds is 3. The molecule has 5 heteroatoms. The van der Waals surface area contributed by atoms with E-state index in [9.17, 15) is 8.42 Å². The Labute approximate surface area is 78.9 Å². The molecule has 0 bridgehead atoms. The van der Waals surface area contributed by atoms with E-state index in [4.69, 9.17) is 0 Å². The molecule has 0 saturated carbocycles. The van der Waals surface area contributed by atoms with Gasteiger partial charge in [-0.05, 0) is 24.6 Å². The van der Waals surface area contributed by atoms with Gasteiger partial charge in [0.15, 0.2) is 0 Å². The quantitative estimate of drug-likeness (QED) is 0.578. The van der Waals surface area contributed by atoms with Crippen molar-refractivity contribution in [3.8, 4) is 0 Å². The number of benzene rings is 1. The summed E-state index contributed by atoms with van der Waals surface area (Å²) in [6.45, 7) is 3.71. The largest absolute Gasteiger partial charge is 0.277 e. The summed E-state index contributed by atoms with van der Waals surface area (Å²) in [7, 11) is -1.35. The Bertz CT molecular complexity index is 354. The van der Waals surface area contributed by atoms with Crippen LogP contribution in [0.2, 0.25) is 0 Å². The number of anilines is 1. The van der Waals surface area contributed by atoms with Crippen LogP contribution in [0.1, 0.15) is 5.56 Å². The van der Waals surface area contributed by atoms with Crippen LogP contribution in [-0.2, 0) is 15.3 Å². The highest BCUT2D eigenvalue weighted by Gasteiger charge is 2.01. The Morgan fingerprint density at radius 3 is 2.69 bits per heavy atom. The lowest BCUT2D eigenvalue weighted by atomic mass is 10.2. The van der Waals surface area contributed by atoms with Crippen LogP contribution >= 0.6 is 0 Å². The van der Waals surface area contributed by atoms with Gasteiger partial charge in [-0.15, -0.1) is 0 Å². The van der Waals surface area contributed by atoms with Gasteiger partial charge in [0.25, 0.3) is 11.0 Å². The lowest BCUT2D eigenvalue weighted by Gasteiger charge is -2.14. The van der Waals surface area contributed by atoms with Crippen molar-refractivity contribution in [1.82, 2.24) is 0 Å². The second-order valence-corrected chi connectivity index (χ2v) is 3.08. The minimum Gasteiger partial charge on any atom is -0.240 e. The third-order valence-electron chi connectivity index (χ3n) is 1.46. The van der Waals surface area contributed by atoms with Crippen molar-refractivity contribution in [1.29, 1.82) is 0 Å². The minimum atomic E-state index is -2.87. The lowest BCUT2D eigenvalue weighted by Crippen LogP contribution is -2.16. The first-order chi connectivity index (χ1) is 6.09. The Morgan fingerprint density at radius 2 is 2.15 bits per heavy atom. The molecule has 0 amide bonds. The van der Waals surface area contributed by atoms with Gasteiger partial charge in [0.05, 0.1) is 5.69 Å². The summed E-state index contributed by atoms with van der Waals surface area (Å²) in [4.78, 5) is 0. The van der Waals surface area contributed by atoms with Gasteiger partial charge in [-0.1, -0.05) is 12.1 Å². The summed E-state index contributed by atoms with van der Waals surface area (Å²) in [5, 5.41) is 1.17. The van der Waals surface area contributed by atoms with E-state index < -0.39 is 11.0 Å². The van der Waals surface area contributed by atoms with Crippen LogP contribution in [0.3, 0.4) is 0 Å². The molecule has 71 valence electrons. The van der Waals surface area contributed by atoms with Gasteiger partial charge >= 0.3 is 0 Å². The van der Waals surface area contributed by atoms with Crippen molar-refractivity contribution >= 4 is 16.7 Å². The van der Waals surface area contributed by atoms with E-state index >= 15 is 0 Å². The van der Waals surface area contributed by atoms with Crippen LogP contribution in [-0.4, -0.2) is 15.5 Å². The molecule has 13 heavy (non-hydrogen) atoms. The fraction of sp³-hybridized carbons (Fsp3) is 0.125. The molecule has 0 aliphatic carbocycles. The number of hydrogen-bond donors (Lipinski definition) is 1. The lowest BCUT2D eigenvalue weighted by molar-refractivity contribution is 0.320. The van der Waals surface area contributed by atoms with Gasteiger partial charge in [-0.2, -0.15) is 4.28 Å². The van der Waals surface area contributed by atoms with E-state index in [-0.39, 0.29) is 0 Å². The van der Waals surface area contributed by atoms with Crippen molar-refractivity contribution in [2.75, 3.05) is 12.1 Å². The molecule has 0 heterocycles. The Balaban J connectivity index is 2.82. The van der Waals surface area contributed by atoms with E-state index in [0.717, 1.165) is 5.56 Å². The molecular weight excluding hydrogens is 190 g/mol. The minimum absolute atomic E-state index is 0.645. The topological polar surface area (TPSA) is 46.6 Å². The summed E-state index contributed by atoms with van der Waals surface area (Å²) >= 11 is 0. The van der Waals surface area contributed by atoms with Gasteiger partial charge in [0, 0.05) is 7.05 Å². The average Bonchev–Trinajstić information content (AvgIpc) is 2.03. The maximum Gasteiger partial charge on any atom is 0.277 e. The van der Waals surface area contributed by atoms with Crippen molar-refractivity contribution < 1.29 is 12.7 Å². The standard InChI is InChI=1S/C8H10NO3S/c1-7-4-3-5-8(6-7)9(2)12-13(10)11/h3-6,13H,1H2,2H3. The van der Waals surface area contributed by atoms with Crippen LogP contribution in [0.15, 0.2) is 24.3 Å². The third-order valence-corrected chi connectivity index (χ3v) is 1.84. The second kappa shape index (κ2) is 4.25.